The summed E-state index contributed by atoms with van der Waals surface area (Å²) < 4.78 is 5.33. The Hall–Kier alpha value is -2.50. The van der Waals surface area contributed by atoms with E-state index in [0.29, 0.717) is 32.8 Å². The van der Waals surface area contributed by atoms with Gasteiger partial charge in [-0.3, -0.25) is 19.4 Å². The topological polar surface area (TPSA) is 49.9 Å². The van der Waals surface area contributed by atoms with E-state index in [2.05, 4.69) is 34.1 Å². The molecular formula is C23H28N2O3. The lowest BCUT2D eigenvalue weighted by atomic mass is 9.81. The second-order valence-corrected chi connectivity index (χ2v) is 7.45. The van der Waals surface area contributed by atoms with Crippen LogP contribution in [0.25, 0.3) is 0 Å². The lowest BCUT2D eigenvalue weighted by molar-refractivity contribution is -0.168. The first-order valence-corrected chi connectivity index (χ1v) is 9.74. The van der Waals surface area contributed by atoms with Crippen LogP contribution in [0.15, 0.2) is 60.7 Å². The highest BCUT2D eigenvalue weighted by molar-refractivity contribution is 6.03. The summed E-state index contributed by atoms with van der Waals surface area (Å²) in [5.74, 6) is -0.555. The third-order valence-electron chi connectivity index (χ3n) is 5.23. The average Bonchev–Trinajstić information content (AvgIpc) is 2.69. The highest BCUT2D eigenvalue weighted by atomic mass is 16.5. The number of Topliss-reactive ketones (excluding diaryl/α,β-unsaturated/α-hetero) is 1. The van der Waals surface area contributed by atoms with Crippen molar-refractivity contribution in [1.82, 2.24) is 9.80 Å². The first-order valence-electron chi connectivity index (χ1n) is 9.74. The van der Waals surface area contributed by atoms with Gasteiger partial charge in [0.1, 0.15) is 5.78 Å². The number of benzene rings is 2. The molecule has 0 spiro atoms. The second kappa shape index (κ2) is 9.13. The number of hydrogen-bond donors (Lipinski definition) is 0. The van der Waals surface area contributed by atoms with Crippen molar-refractivity contribution in [3.05, 3.63) is 71.8 Å². The molecule has 0 radical (unpaired) electrons. The zero-order chi connectivity index (χ0) is 20.0. The highest BCUT2D eigenvalue weighted by Crippen LogP contribution is 2.30. The molecule has 0 atom stereocenters. The van der Waals surface area contributed by atoms with Crippen LogP contribution in [0.3, 0.4) is 0 Å². The van der Waals surface area contributed by atoms with E-state index in [1.165, 1.54) is 6.92 Å². The molecule has 1 heterocycles. The van der Waals surface area contributed by atoms with E-state index in [9.17, 15) is 9.59 Å². The first-order chi connectivity index (χ1) is 13.5. The Labute approximate surface area is 166 Å². The van der Waals surface area contributed by atoms with Crippen molar-refractivity contribution in [2.75, 3.05) is 26.4 Å². The minimum absolute atomic E-state index is 0.137. The van der Waals surface area contributed by atoms with Crippen LogP contribution in [-0.2, 0) is 27.4 Å². The third kappa shape index (κ3) is 4.66. The summed E-state index contributed by atoms with van der Waals surface area (Å²) in [6.45, 7) is 6.36. The molecule has 0 N–H and O–H groups in total. The van der Waals surface area contributed by atoms with E-state index >= 15 is 0 Å². The Balaban J connectivity index is 1.87. The molecule has 0 aliphatic carbocycles. The summed E-state index contributed by atoms with van der Waals surface area (Å²) in [5.41, 5.74) is 1.16. The van der Waals surface area contributed by atoms with E-state index in [1.54, 1.807) is 6.92 Å². The van der Waals surface area contributed by atoms with Gasteiger partial charge < -0.3 is 4.74 Å². The van der Waals surface area contributed by atoms with Crippen molar-refractivity contribution in [1.29, 1.82) is 0 Å². The van der Waals surface area contributed by atoms with Crippen LogP contribution in [0.5, 0.6) is 0 Å². The third-order valence-corrected chi connectivity index (χ3v) is 5.23. The summed E-state index contributed by atoms with van der Waals surface area (Å²) in [6.07, 6.45) is 0. The molecular weight excluding hydrogens is 352 g/mol. The minimum atomic E-state index is -1.15. The van der Waals surface area contributed by atoms with Gasteiger partial charge in [-0.15, -0.1) is 0 Å². The van der Waals surface area contributed by atoms with Crippen molar-refractivity contribution < 1.29 is 14.3 Å². The van der Waals surface area contributed by atoms with Gasteiger partial charge in [0.25, 0.3) is 0 Å². The zero-order valence-corrected chi connectivity index (χ0v) is 16.6. The number of esters is 1. The van der Waals surface area contributed by atoms with Crippen molar-refractivity contribution in [2.24, 2.45) is 5.41 Å². The van der Waals surface area contributed by atoms with Gasteiger partial charge in [0.15, 0.2) is 5.41 Å². The molecule has 1 saturated heterocycles. The molecule has 0 bridgehead atoms. The maximum absolute atomic E-state index is 12.9. The fraction of sp³-hybridized carbons (Fsp3) is 0.391. The molecule has 0 saturated carbocycles. The Morgan fingerprint density at radius 2 is 1.36 bits per heavy atom. The van der Waals surface area contributed by atoms with E-state index in [4.69, 9.17) is 4.74 Å². The summed E-state index contributed by atoms with van der Waals surface area (Å²) in [6, 6.07) is 20.3. The number of ether oxygens (including phenoxy) is 1. The molecule has 148 valence electrons. The lowest BCUT2D eigenvalue weighted by Gasteiger charge is -2.45. The van der Waals surface area contributed by atoms with Gasteiger partial charge in [0.2, 0.25) is 0 Å². The molecule has 1 aliphatic heterocycles. The van der Waals surface area contributed by atoms with Crippen molar-refractivity contribution in [3.63, 3.8) is 0 Å². The summed E-state index contributed by atoms with van der Waals surface area (Å²) in [5, 5.41) is 0. The van der Waals surface area contributed by atoms with Crippen LogP contribution in [0.4, 0.5) is 0 Å². The van der Waals surface area contributed by atoms with Gasteiger partial charge in [-0.05, 0) is 25.0 Å². The average molecular weight is 380 g/mol. The molecule has 28 heavy (non-hydrogen) atoms. The summed E-state index contributed by atoms with van der Waals surface area (Å²) in [4.78, 5) is 29.9. The van der Waals surface area contributed by atoms with Crippen LogP contribution >= 0.6 is 0 Å². The Bertz CT molecular complexity index is 743. The van der Waals surface area contributed by atoms with Crippen molar-refractivity contribution in [3.8, 4) is 0 Å². The van der Waals surface area contributed by atoms with Crippen LogP contribution in [-0.4, -0.2) is 47.9 Å². The van der Waals surface area contributed by atoms with Crippen LogP contribution in [0, 0.1) is 5.41 Å². The number of carbonyl (C=O) groups is 2. The monoisotopic (exact) mass is 380 g/mol. The van der Waals surface area contributed by atoms with E-state index in [0.717, 1.165) is 11.1 Å². The van der Waals surface area contributed by atoms with E-state index in [1.807, 2.05) is 36.4 Å². The summed E-state index contributed by atoms with van der Waals surface area (Å²) in [7, 11) is 0. The number of hydrogen-bond acceptors (Lipinski definition) is 5. The summed E-state index contributed by atoms with van der Waals surface area (Å²) >= 11 is 0. The fourth-order valence-electron chi connectivity index (χ4n) is 3.86. The van der Waals surface area contributed by atoms with Crippen LogP contribution in [0.2, 0.25) is 0 Å². The smallest absolute Gasteiger partial charge is 0.322 e. The number of ketones is 1. The standard InChI is InChI=1S/C23H28N2O3/c1-3-28-22(27)23(19(2)26)16-24(14-20-10-6-4-7-11-20)18-25(17-23)15-21-12-8-5-9-13-21/h4-13H,3,14-18H2,1-2H3. The molecule has 0 amide bonds. The van der Waals surface area contributed by atoms with Gasteiger partial charge in [-0.2, -0.15) is 0 Å². The first kappa shape index (κ1) is 20.2. The van der Waals surface area contributed by atoms with E-state index < -0.39 is 11.4 Å². The second-order valence-electron chi connectivity index (χ2n) is 7.45. The predicted octanol–water partition coefficient (Wildman–Crippen LogP) is 3.10. The van der Waals surface area contributed by atoms with Gasteiger partial charge in [-0.1, -0.05) is 60.7 Å². The Morgan fingerprint density at radius 3 is 1.75 bits per heavy atom. The molecule has 5 heteroatoms. The van der Waals surface area contributed by atoms with Gasteiger partial charge in [-0.25, -0.2) is 0 Å². The maximum atomic E-state index is 12.9. The lowest BCUT2D eigenvalue weighted by Crippen LogP contribution is -2.61. The number of rotatable bonds is 7. The zero-order valence-electron chi connectivity index (χ0n) is 16.6. The molecule has 2 aromatic carbocycles. The maximum Gasteiger partial charge on any atom is 0.322 e. The van der Waals surface area contributed by atoms with Gasteiger partial charge in [0.05, 0.1) is 13.3 Å². The largest absolute Gasteiger partial charge is 0.465 e. The van der Waals surface area contributed by atoms with Crippen LogP contribution in [0.1, 0.15) is 25.0 Å². The van der Waals surface area contributed by atoms with Gasteiger partial charge in [0, 0.05) is 26.2 Å². The Morgan fingerprint density at radius 1 is 0.893 bits per heavy atom. The molecule has 1 fully saturated rings. The number of carbonyl (C=O) groups excluding carboxylic acids is 2. The van der Waals surface area contributed by atoms with Gasteiger partial charge >= 0.3 is 5.97 Å². The fourth-order valence-corrected chi connectivity index (χ4v) is 3.86. The molecule has 1 aliphatic rings. The SMILES string of the molecule is CCOC(=O)C1(C(C)=O)CN(Cc2ccccc2)CN(Cc2ccccc2)C1. The van der Waals surface area contributed by atoms with Crippen molar-refractivity contribution in [2.45, 2.75) is 26.9 Å². The highest BCUT2D eigenvalue weighted by Gasteiger charge is 2.50. The molecule has 0 unspecified atom stereocenters. The molecule has 3 rings (SSSR count). The molecule has 5 nitrogen and oxygen atoms in total. The molecule has 2 aromatic rings. The molecule has 0 aromatic heterocycles. The normalized spacial score (nSPS) is 17.2. The van der Waals surface area contributed by atoms with E-state index in [-0.39, 0.29) is 12.4 Å². The predicted molar refractivity (Wildman–Crippen MR) is 108 cm³/mol. The van der Waals surface area contributed by atoms with Crippen molar-refractivity contribution >= 4 is 11.8 Å². The quantitative estimate of drug-likeness (QED) is 0.546. The minimum Gasteiger partial charge on any atom is -0.465 e. The number of nitrogens with zero attached hydrogens (tertiary/aromatic N) is 2. The Kier molecular flexibility index (Phi) is 6.60. The van der Waals surface area contributed by atoms with Crippen LogP contribution < -0.4 is 0 Å².